The zero-order chi connectivity index (χ0) is 15.1. The van der Waals surface area contributed by atoms with Gasteiger partial charge in [0.1, 0.15) is 11.3 Å². The van der Waals surface area contributed by atoms with Crippen LogP contribution in [0.5, 0.6) is 0 Å². The van der Waals surface area contributed by atoms with Crippen LogP contribution < -0.4 is 0 Å². The van der Waals surface area contributed by atoms with E-state index in [2.05, 4.69) is 41.6 Å². The molecule has 0 saturated heterocycles. The molecule has 0 aliphatic carbocycles. The minimum atomic E-state index is -0.182. The van der Waals surface area contributed by atoms with Gasteiger partial charge >= 0.3 is 0 Å². The van der Waals surface area contributed by atoms with Crippen LogP contribution in [0.25, 0.3) is 16.9 Å². The number of rotatable bonds is 2. The molecule has 1 atom stereocenters. The Balaban J connectivity index is 2.42. The molecule has 0 aliphatic heterocycles. The largest absolute Gasteiger partial charge is 0.279 e. The van der Waals surface area contributed by atoms with Crippen LogP contribution in [-0.4, -0.2) is 14.5 Å². The van der Waals surface area contributed by atoms with E-state index in [4.69, 9.17) is 16.6 Å². The first kappa shape index (κ1) is 14.1. The molecule has 0 saturated carbocycles. The van der Waals surface area contributed by atoms with Crippen LogP contribution in [0.2, 0.25) is 0 Å². The molecule has 0 radical (unpaired) electrons. The molecule has 3 rings (SSSR count). The van der Waals surface area contributed by atoms with Crippen LogP contribution in [0.1, 0.15) is 34.8 Å². The third-order valence-corrected chi connectivity index (χ3v) is 3.93. The van der Waals surface area contributed by atoms with E-state index in [1.165, 1.54) is 11.1 Å². The third kappa shape index (κ3) is 2.32. The van der Waals surface area contributed by atoms with Crippen molar-refractivity contribution in [3.05, 3.63) is 53.0 Å². The fraction of sp³-hybridized carbons (Fsp3) is 0.294. The lowest BCUT2D eigenvalue weighted by Gasteiger charge is -2.13. The summed E-state index contributed by atoms with van der Waals surface area (Å²) in [5, 5.41) is -0.182. The van der Waals surface area contributed by atoms with Gasteiger partial charge in [-0.15, -0.1) is 11.6 Å². The lowest BCUT2D eigenvalue weighted by Crippen LogP contribution is -2.04. The van der Waals surface area contributed by atoms with Crippen LogP contribution in [0.15, 0.2) is 30.5 Å². The number of nitrogens with zero attached hydrogens (tertiary/aromatic N) is 3. The van der Waals surface area contributed by atoms with E-state index in [-0.39, 0.29) is 5.38 Å². The predicted octanol–water partition coefficient (Wildman–Crippen LogP) is 4.65. The Hall–Kier alpha value is -1.87. The van der Waals surface area contributed by atoms with Crippen LogP contribution in [-0.2, 0) is 0 Å². The van der Waals surface area contributed by atoms with Gasteiger partial charge in [-0.3, -0.25) is 4.57 Å². The minimum absolute atomic E-state index is 0.182. The molecule has 1 unspecified atom stereocenters. The molecule has 3 nitrogen and oxygen atoms in total. The second kappa shape index (κ2) is 5.15. The maximum atomic E-state index is 6.36. The molecule has 108 valence electrons. The van der Waals surface area contributed by atoms with Gasteiger partial charge in [-0.2, -0.15) is 0 Å². The highest BCUT2D eigenvalue weighted by Crippen LogP contribution is 2.30. The highest BCUT2D eigenvalue weighted by Gasteiger charge is 2.19. The lowest BCUT2D eigenvalue weighted by molar-refractivity contribution is 0.872. The molecule has 0 aliphatic rings. The number of hydrogen-bond donors (Lipinski definition) is 0. The molecule has 0 amide bonds. The fourth-order valence-electron chi connectivity index (χ4n) is 2.58. The van der Waals surface area contributed by atoms with Gasteiger partial charge < -0.3 is 0 Å². The maximum absolute atomic E-state index is 6.36. The SMILES string of the molecule is Cc1ccc(C)c(-n2c(C(C)Cl)nc3c(C)ccnc32)c1. The van der Waals surface area contributed by atoms with Gasteiger partial charge in [-0.05, 0) is 56.5 Å². The molecular formula is C17H18ClN3. The number of benzene rings is 1. The molecule has 21 heavy (non-hydrogen) atoms. The molecule has 4 heteroatoms. The second-order valence-corrected chi connectivity index (χ2v) is 6.17. The van der Waals surface area contributed by atoms with Crippen LogP contribution in [0, 0.1) is 20.8 Å². The Labute approximate surface area is 129 Å². The van der Waals surface area contributed by atoms with Crippen molar-refractivity contribution in [1.29, 1.82) is 0 Å². The van der Waals surface area contributed by atoms with Gasteiger partial charge in [0.25, 0.3) is 0 Å². The number of aryl methyl sites for hydroxylation is 3. The van der Waals surface area contributed by atoms with E-state index in [1.807, 2.05) is 26.1 Å². The van der Waals surface area contributed by atoms with Gasteiger partial charge in [0.05, 0.1) is 11.1 Å². The predicted molar refractivity (Wildman–Crippen MR) is 87.3 cm³/mol. The summed E-state index contributed by atoms with van der Waals surface area (Å²) >= 11 is 6.36. The number of hydrogen-bond acceptors (Lipinski definition) is 2. The molecular weight excluding hydrogens is 282 g/mol. The monoisotopic (exact) mass is 299 g/mol. The normalized spacial score (nSPS) is 12.8. The minimum Gasteiger partial charge on any atom is -0.279 e. The van der Waals surface area contributed by atoms with Crippen molar-refractivity contribution in [2.45, 2.75) is 33.1 Å². The molecule has 2 aromatic heterocycles. The standard InChI is InChI=1S/C17H18ClN3/c1-10-5-6-11(2)14(9-10)21-16(13(4)18)20-15-12(3)7-8-19-17(15)21/h5-9,13H,1-4H3. The number of aromatic nitrogens is 3. The summed E-state index contributed by atoms with van der Waals surface area (Å²) in [6, 6.07) is 8.37. The Morgan fingerprint density at radius 2 is 1.86 bits per heavy atom. The summed E-state index contributed by atoms with van der Waals surface area (Å²) in [6.45, 7) is 8.18. The quantitative estimate of drug-likeness (QED) is 0.645. The highest BCUT2D eigenvalue weighted by molar-refractivity contribution is 6.20. The molecule has 0 spiro atoms. The van der Waals surface area contributed by atoms with Crippen molar-refractivity contribution in [2.24, 2.45) is 0 Å². The maximum Gasteiger partial charge on any atom is 0.164 e. The van der Waals surface area contributed by atoms with Crippen molar-refractivity contribution in [3.8, 4) is 5.69 Å². The number of fused-ring (bicyclic) bond motifs is 1. The van der Waals surface area contributed by atoms with Crippen molar-refractivity contribution < 1.29 is 0 Å². The number of imidazole rings is 1. The first-order chi connectivity index (χ1) is 9.99. The van der Waals surface area contributed by atoms with E-state index in [0.29, 0.717) is 0 Å². The first-order valence-electron chi connectivity index (χ1n) is 7.04. The average molecular weight is 300 g/mol. The van der Waals surface area contributed by atoms with E-state index in [0.717, 1.165) is 28.2 Å². The van der Waals surface area contributed by atoms with Crippen molar-refractivity contribution in [3.63, 3.8) is 0 Å². The van der Waals surface area contributed by atoms with Crippen LogP contribution in [0.3, 0.4) is 0 Å². The van der Waals surface area contributed by atoms with Crippen molar-refractivity contribution in [2.75, 3.05) is 0 Å². The van der Waals surface area contributed by atoms with E-state index >= 15 is 0 Å². The number of halogens is 1. The van der Waals surface area contributed by atoms with Gasteiger partial charge in [-0.1, -0.05) is 12.1 Å². The molecule has 0 N–H and O–H groups in total. The lowest BCUT2D eigenvalue weighted by atomic mass is 10.1. The van der Waals surface area contributed by atoms with Gasteiger partial charge in [0.2, 0.25) is 0 Å². The molecule has 3 aromatic rings. The smallest absolute Gasteiger partial charge is 0.164 e. The van der Waals surface area contributed by atoms with Crippen LogP contribution in [0.4, 0.5) is 0 Å². The van der Waals surface area contributed by atoms with E-state index < -0.39 is 0 Å². The van der Waals surface area contributed by atoms with Crippen LogP contribution >= 0.6 is 11.6 Å². The molecule has 2 heterocycles. The summed E-state index contributed by atoms with van der Waals surface area (Å²) < 4.78 is 2.09. The Bertz CT molecular complexity index is 818. The van der Waals surface area contributed by atoms with E-state index in [1.54, 1.807) is 0 Å². The fourth-order valence-corrected chi connectivity index (χ4v) is 2.72. The summed E-state index contributed by atoms with van der Waals surface area (Å²) in [5.74, 6) is 0.835. The summed E-state index contributed by atoms with van der Waals surface area (Å²) in [5.41, 5.74) is 6.38. The number of alkyl halides is 1. The van der Waals surface area contributed by atoms with E-state index in [9.17, 15) is 0 Å². The zero-order valence-corrected chi connectivity index (χ0v) is 13.4. The third-order valence-electron chi connectivity index (χ3n) is 3.74. The molecule has 1 aromatic carbocycles. The highest BCUT2D eigenvalue weighted by atomic mass is 35.5. The Morgan fingerprint density at radius 1 is 1.10 bits per heavy atom. The molecule has 0 bridgehead atoms. The number of pyridine rings is 1. The first-order valence-corrected chi connectivity index (χ1v) is 7.48. The Kier molecular flexibility index (Phi) is 3.46. The zero-order valence-electron chi connectivity index (χ0n) is 12.7. The summed E-state index contributed by atoms with van der Waals surface area (Å²) in [7, 11) is 0. The van der Waals surface area contributed by atoms with Gasteiger partial charge in [-0.25, -0.2) is 9.97 Å². The summed E-state index contributed by atoms with van der Waals surface area (Å²) in [6.07, 6.45) is 1.82. The Morgan fingerprint density at radius 3 is 2.57 bits per heavy atom. The van der Waals surface area contributed by atoms with Gasteiger partial charge in [0, 0.05) is 6.20 Å². The van der Waals surface area contributed by atoms with Gasteiger partial charge in [0.15, 0.2) is 5.65 Å². The molecule has 0 fully saturated rings. The average Bonchev–Trinajstić information content (AvgIpc) is 2.82. The van der Waals surface area contributed by atoms with Crippen molar-refractivity contribution >= 4 is 22.8 Å². The van der Waals surface area contributed by atoms with Crippen molar-refractivity contribution in [1.82, 2.24) is 14.5 Å². The summed E-state index contributed by atoms with van der Waals surface area (Å²) in [4.78, 5) is 9.26. The topological polar surface area (TPSA) is 30.7 Å². The second-order valence-electron chi connectivity index (χ2n) is 5.51.